The minimum Gasteiger partial charge on any atom is -0.324 e. The quantitative estimate of drug-likeness (QED) is 0.761. The van der Waals surface area contributed by atoms with E-state index in [1.807, 2.05) is 22.4 Å². The van der Waals surface area contributed by atoms with Crippen molar-refractivity contribution in [2.45, 2.75) is 12.8 Å². The number of hydrogen-bond acceptors (Lipinski definition) is 2. The highest BCUT2D eigenvalue weighted by Crippen LogP contribution is 2.33. The number of nitrogens with one attached hydrogen (secondary N) is 1. The number of anilines is 1. The van der Waals surface area contributed by atoms with Gasteiger partial charge >= 0.3 is 6.03 Å². The Bertz CT molecular complexity index is 411. The lowest BCUT2D eigenvalue weighted by Gasteiger charge is -2.17. The molecule has 1 aromatic heterocycles. The van der Waals surface area contributed by atoms with E-state index in [9.17, 15) is 4.79 Å². The molecule has 0 saturated carbocycles. The van der Waals surface area contributed by atoms with Gasteiger partial charge in [0, 0.05) is 13.1 Å². The molecule has 1 aromatic rings. The summed E-state index contributed by atoms with van der Waals surface area (Å²) in [6.45, 7) is 1.82. The van der Waals surface area contributed by atoms with Gasteiger partial charge in [-0.2, -0.15) is 0 Å². The maximum Gasteiger partial charge on any atom is 0.322 e. The van der Waals surface area contributed by atoms with E-state index in [4.69, 9.17) is 0 Å². The highest BCUT2D eigenvalue weighted by atomic mass is 32.1. The summed E-state index contributed by atoms with van der Waals surface area (Å²) >= 11 is 1.56. The fraction of sp³-hybridized carbons (Fsp3) is 0.462. The van der Waals surface area contributed by atoms with E-state index < -0.39 is 0 Å². The largest absolute Gasteiger partial charge is 0.324 e. The van der Waals surface area contributed by atoms with Crippen molar-refractivity contribution >= 4 is 22.4 Å². The second-order valence-corrected chi connectivity index (χ2v) is 5.72. The number of urea groups is 1. The molecule has 2 atom stereocenters. The van der Waals surface area contributed by atoms with Gasteiger partial charge in [0.15, 0.2) is 0 Å². The first-order chi connectivity index (χ1) is 8.33. The van der Waals surface area contributed by atoms with Crippen LogP contribution in [0.4, 0.5) is 9.80 Å². The van der Waals surface area contributed by atoms with Crippen molar-refractivity contribution in [1.29, 1.82) is 0 Å². The number of thiophene rings is 1. The van der Waals surface area contributed by atoms with Gasteiger partial charge < -0.3 is 4.90 Å². The maximum absolute atomic E-state index is 12.1. The van der Waals surface area contributed by atoms with Gasteiger partial charge in [-0.25, -0.2) is 4.79 Å². The summed E-state index contributed by atoms with van der Waals surface area (Å²) in [5.41, 5.74) is 0. The molecule has 1 fully saturated rings. The average Bonchev–Trinajstić information content (AvgIpc) is 2.96. The van der Waals surface area contributed by atoms with Crippen LogP contribution in [0.5, 0.6) is 0 Å². The summed E-state index contributed by atoms with van der Waals surface area (Å²) < 4.78 is 0. The Labute approximate surface area is 105 Å². The Balaban J connectivity index is 1.61. The van der Waals surface area contributed by atoms with E-state index in [0.717, 1.165) is 30.9 Å². The second-order valence-electron chi connectivity index (χ2n) is 4.78. The van der Waals surface area contributed by atoms with Crippen molar-refractivity contribution in [3.05, 3.63) is 29.7 Å². The third-order valence-corrected chi connectivity index (χ3v) is 4.44. The lowest BCUT2D eigenvalue weighted by molar-refractivity contribution is 0.220. The summed E-state index contributed by atoms with van der Waals surface area (Å²) in [7, 11) is 0. The highest BCUT2D eigenvalue weighted by molar-refractivity contribution is 7.14. The van der Waals surface area contributed by atoms with Gasteiger partial charge in [-0.05, 0) is 42.2 Å². The molecule has 0 radical (unpaired) electrons. The minimum absolute atomic E-state index is 0.0573. The van der Waals surface area contributed by atoms with Crippen LogP contribution < -0.4 is 5.32 Å². The molecular weight excluding hydrogens is 232 g/mol. The van der Waals surface area contributed by atoms with Gasteiger partial charge in [0.1, 0.15) is 0 Å². The van der Waals surface area contributed by atoms with E-state index in [0.29, 0.717) is 11.8 Å². The van der Waals surface area contributed by atoms with Crippen molar-refractivity contribution in [3.63, 3.8) is 0 Å². The number of carbonyl (C=O) groups is 1. The zero-order valence-corrected chi connectivity index (χ0v) is 10.5. The van der Waals surface area contributed by atoms with Crippen molar-refractivity contribution in [2.75, 3.05) is 18.4 Å². The molecule has 90 valence electrons. The van der Waals surface area contributed by atoms with E-state index in [1.54, 1.807) is 11.3 Å². The number of fused-ring (bicyclic) bond motifs is 1. The standard InChI is InChI=1S/C13H16N2OS/c16-13(14-12-6-3-7-17-12)15-8-10-4-1-2-5-11(10)9-15/h1-3,6-7,10-11H,4-5,8-9H2,(H,14,16). The molecule has 0 bridgehead atoms. The van der Waals surface area contributed by atoms with Crippen molar-refractivity contribution in [1.82, 2.24) is 4.90 Å². The number of likely N-dealkylation sites (tertiary alicyclic amines) is 1. The SMILES string of the molecule is O=C(Nc1cccs1)N1CC2CC=CCC2C1. The average molecular weight is 248 g/mol. The number of nitrogens with zero attached hydrogens (tertiary/aromatic N) is 1. The van der Waals surface area contributed by atoms with Gasteiger partial charge in [0.25, 0.3) is 0 Å². The summed E-state index contributed by atoms with van der Waals surface area (Å²) in [5.74, 6) is 1.35. The zero-order valence-electron chi connectivity index (χ0n) is 9.63. The Morgan fingerprint density at radius 1 is 1.29 bits per heavy atom. The molecule has 0 spiro atoms. The fourth-order valence-electron chi connectivity index (χ4n) is 2.71. The molecule has 1 aliphatic heterocycles. The Morgan fingerprint density at radius 3 is 2.59 bits per heavy atom. The number of rotatable bonds is 1. The van der Waals surface area contributed by atoms with Crippen LogP contribution in [0.1, 0.15) is 12.8 Å². The first-order valence-electron chi connectivity index (χ1n) is 6.07. The number of hydrogen-bond donors (Lipinski definition) is 1. The van der Waals surface area contributed by atoms with Gasteiger partial charge in [-0.3, -0.25) is 5.32 Å². The van der Waals surface area contributed by atoms with Gasteiger partial charge in [0.2, 0.25) is 0 Å². The maximum atomic E-state index is 12.1. The number of carbonyl (C=O) groups excluding carboxylic acids is 1. The molecule has 2 heterocycles. The van der Waals surface area contributed by atoms with Crippen LogP contribution in [-0.2, 0) is 0 Å². The Kier molecular flexibility index (Phi) is 2.89. The van der Waals surface area contributed by atoms with Crippen molar-refractivity contribution < 1.29 is 4.79 Å². The van der Waals surface area contributed by atoms with E-state index in [2.05, 4.69) is 17.5 Å². The molecular formula is C13H16N2OS. The van der Waals surface area contributed by atoms with Crippen LogP contribution in [-0.4, -0.2) is 24.0 Å². The Hall–Kier alpha value is -1.29. The normalized spacial score (nSPS) is 26.9. The number of amides is 2. The van der Waals surface area contributed by atoms with Crippen LogP contribution in [0, 0.1) is 11.8 Å². The molecule has 0 aromatic carbocycles. The monoisotopic (exact) mass is 248 g/mol. The lowest BCUT2D eigenvalue weighted by atomic mass is 9.86. The lowest BCUT2D eigenvalue weighted by Crippen LogP contribution is -2.33. The molecule has 2 unspecified atom stereocenters. The van der Waals surface area contributed by atoms with Crippen LogP contribution in [0.2, 0.25) is 0 Å². The van der Waals surface area contributed by atoms with Crippen LogP contribution in [0.15, 0.2) is 29.7 Å². The highest BCUT2D eigenvalue weighted by Gasteiger charge is 2.35. The predicted molar refractivity (Wildman–Crippen MR) is 70.3 cm³/mol. The van der Waals surface area contributed by atoms with Gasteiger partial charge in [-0.15, -0.1) is 11.3 Å². The molecule has 17 heavy (non-hydrogen) atoms. The van der Waals surface area contributed by atoms with Crippen molar-refractivity contribution in [3.8, 4) is 0 Å². The Morgan fingerprint density at radius 2 is 2.00 bits per heavy atom. The summed E-state index contributed by atoms with van der Waals surface area (Å²) in [6, 6.07) is 3.95. The summed E-state index contributed by atoms with van der Waals surface area (Å²) in [4.78, 5) is 14.0. The smallest absolute Gasteiger partial charge is 0.322 e. The van der Waals surface area contributed by atoms with Crippen LogP contribution in [0.3, 0.4) is 0 Å². The van der Waals surface area contributed by atoms with Crippen LogP contribution >= 0.6 is 11.3 Å². The minimum atomic E-state index is 0.0573. The molecule has 1 saturated heterocycles. The van der Waals surface area contributed by atoms with E-state index in [1.165, 1.54) is 0 Å². The zero-order chi connectivity index (χ0) is 11.7. The van der Waals surface area contributed by atoms with Crippen LogP contribution in [0.25, 0.3) is 0 Å². The molecule has 3 rings (SSSR count). The van der Waals surface area contributed by atoms with E-state index in [-0.39, 0.29) is 6.03 Å². The third-order valence-electron chi connectivity index (χ3n) is 3.66. The fourth-order valence-corrected chi connectivity index (χ4v) is 3.32. The topological polar surface area (TPSA) is 32.3 Å². The summed E-state index contributed by atoms with van der Waals surface area (Å²) in [5, 5.41) is 5.87. The molecule has 1 aliphatic carbocycles. The van der Waals surface area contributed by atoms with Crippen molar-refractivity contribution in [2.24, 2.45) is 11.8 Å². The molecule has 2 aliphatic rings. The third kappa shape index (κ3) is 2.22. The molecule has 4 heteroatoms. The number of allylic oxidation sites excluding steroid dienone is 2. The van der Waals surface area contributed by atoms with Gasteiger partial charge in [-0.1, -0.05) is 12.2 Å². The second kappa shape index (κ2) is 4.53. The first-order valence-corrected chi connectivity index (χ1v) is 6.95. The summed E-state index contributed by atoms with van der Waals surface area (Å²) in [6.07, 6.45) is 6.77. The van der Waals surface area contributed by atoms with Gasteiger partial charge in [0.05, 0.1) is 5.00 Å². The predicted octanol–water partition coefficient (Wildman–Crippen LogP) is 3.18. The molecule has 1 N–H and O–H groups in total. The van der Waals surface area contributed by atoms with E-state index >= 15 is 0 Å². The molecule has 3 nitrogen and oxygen atoms in total. The molecule has 2 amide bonds. The first kappa shape index (κ1) is 10.8.